The molecule has 0 saturated carbocycles. The van der Waals surface area contributed by atoms with Crippen molar-refractivity contribution in [3.63, 3.8) is 0 Å². The molecule has 3 rings (SSSR count). The van der Waals surface area contributed by atoms with Crippen molar-refractivity contribution in [2.45, 2.75) is 26.1 Å². The third-order valence-corrected chi connectivity index (χ3v) is 4.75. The minimum Gasteiger partial charge on any atom is -0.495 e. The fraction of sp³-hybridized carbons (Fsp3) is 0.263. The normalized spacial score (nSPS) is 12.5. The molecule has 3 aromatic rings. The van der Waals surface area contributed by atoms with Crippen molar-refractivity contribution in [2.24, 2.45) is 0 Å². The number of nitrogens with one attached hydrogen (secondary N) is 1. The van der Waals surface area contributed by atoms with Crippen LogP contribution in [0.15, 0.2) is 36.4 Å². The zero-order chi connectivity index (χ0) is 22.1. The van der Waals surface area contributed by atoms with E-state index in [-0.39, 0.29) is 11.4 Å². The molecular weight excluding hydrogens is 423 g/mol. The van der Waals surface area contributed by atoms with Gasteiger partial charge in [0.05, 0.1) is 18.4 Å². The monoisotopic (exact) mass is 439 g/mol. The van der Waals surface area contributed by atoms with E-state index >= 15 is 0 Å². The number of hydrogen-bond acceptors (Lipinski definition) is 5. The van der Waals surface area contributed by atoms with Crippen LogP contribution in [0, 0.1) is 6.92 Å². The van der Waals surface area contributed by atoms with Crippen molar-refractivity contribution in [1.82, 2.24) is 20.2 Å². The van der Waals surface area contributed by atoms with Crippen LogP contribution in [-0.4, -0.2) is 33.2 Å². The molecule has 0 aliphatic heterocycles. The predicted molar refractivity (Wildman–Crippen MR) is 104 cm³/mol. The molecule has 1 N–H and O–H groups in total. The topological polar surface area (TPSA) is 81.9 Å². The molecule has 0 fully saturated rings. The van der Waals surface area contributed by atoms with E-state index in [9.17, 15) is 18.0 Å². The highest BCUT2D eigenvalue weighted by Gasteiger charge is 2.31. The molecule has 2 aromatic carbocycles. The molecule has 1 unspecified atom stereocenters. The maximum absolute atomic E-state index is 12.9. The van der Waals surface area contributed by atoms with Gasteiger partial charge in [-0.15, -0.1) is 10.2 Å². The lowest BCUT2D eigenvalue weighted by molar-refractivity contribution is -0.137. The summed E-state index contributed by atoms with van der Waals surface area (Å²) >= 11 is 6.06. The van der Waals surface area contributed by atoms with Crippen molar-refractivity contribution >= 4 is 23.2 Å². The fourth-order valence-electron chi connectivity index (χ4n) is 2.61. The van der Waals surface area contributed by atoms with Crippen LogP contribution >= 0.6 is 11.6 Å². The summed E-state index contributed by atoms with van der Waals surface area (Å²) in [5.41, 5.74) is 0.464. The summed E-state index contributed by atoms with van der Waals surface area (Å²) in [5, 5.41) is 14.8. The second-order valence-corrected chi connectivity index (χ2v) is 6.89. The SMILES string of the molecule is COc1cc(Cl)c(C)cc1NC(=O)C(C)n1nnc(-c2cccc(C(F)(F)F)c2)n1. The number of aromatic nitrogens is 4. The largest absolute Gasteiger partial charge is 0.495 e. The molecule has 0 bridgehead atoms. The summed E-state index contributed by atoms with van der Waals surface area (Å²) in [6, 6.07) is 6.91. The Morgan fingerprint density at radius 2 is 2.00 bits per heavy atom. The number of tetrazole rings is 1. The van der Waals surface area contributed by atoms with E-state index in [0.29, 0.717) is 16.5 Å². The summed E-state index contributed by atoms with van der Waals surface area (Å²) in [4.78, 5) is 13.7. The fourth-order valence-corrected chi connectivity index (χ4v) is 2.76. The first kappa shape index (κ1) is 21.6. The number of aryl methyl sites for hydroxylation is 1. The summed E-state index contributed by atoms with van der Waals surface area (Å²) < 4.78 is 44.0. The predicted octanol–water partition coefficient (Wildman–Crippen LogP) is 4.53. The zero-order valence-corrected chi connectivity index (χ0v) is 16.9. The van der Waals surface area contributed by atoms with E-state index < -0.39 is 23.7 Å². The van der Waals surface area contributed by atoms with Crippen LogP contribution in [0.4, 0.5) is 18.9 Å². The second-order valence-electron chi connectivity index (χ2n) is 6.48. The van der Waals surface area contributed by atoms with Gasteiger partial charge in [-0.1, -0.05) is 23.7 Å². The van der Waals surface area contributed by atoms with Gasteiger partial charge in [0.25, 0.3) is 5.91 Å². The Kier molecular flexibility index (Phi) is 5.97. The Balaban J connectivity index is 1.81. The Morgan fingerprint density at radius 1 is 1.27 bits per heavy atom. The van der Waals surface area contributed by atoms with Crippen LogP contribution in [0.5, 0.6) is 5.75 Å². The first-order valence-corrected chi connectivity index (χ1v) is 9.10. The number of halogens is 4. The number of rotatable bonds is 5. The molecular formula is C19H17ClF3N5O2. The summed E-state index contributed by atoms with van der Waals surface area (Å²) in [7, 11) is 1.44. The molecule has 0 aliphatic rings. The number of alkyl halides is 3. The van der Waals surface area contributed by atoms with Crippen LogP contribution in [0.3, 0.4) is 0 Å². The first-order chi connectivity index (χ1) is 14.1. The highest BCUT2D eigenvalue weighted by Crippen LogP contribution is 2.32. The molecule has 7 nitrogen and oxygen atoms in total. The highest BCUT2D eigenvalue weighted by molar-refractivity contribution is 6.31. The smallest absolute Gasteiger partial charge is 0.416 e. The van der Waals surface area contributed by atoms with E-state index in [1.807, 2.05) is 0 Å². The van der Waals surface area contributed by atoms with E-state index in [4.69, 9.17) is 16.3 Å². The number of methoxy groups -OCH3 is 1. The molecule has 0 spiro atoms. The van der Waals surface area contributed by atoms with Crippen molar-refractivity contribution in [2.75, 3.05) is 12.4 Å². The van der Waals surface area contributed by atoms with Gasteiger partial charge in [0.1, 0.15) is 11.8 Å². The quantitative estimate of drug-likeness (QED) is 0.631. The van der Waals surface area contributed by atoms with Gasteiger partial charge in [0.15, 0.2) is 0 Å². The number of carbonyl (C=O) groups is 1. The highest BCUT2D eigenvalue weighted by atomic mass is 35.5. The number of benzene rings is 2. The van der Waals surface area contributed by atoms with Gasteiger partial charge in [-0.2, -0.15) is 18.0 Å². The van der Waals surface area contributed by atoms with Crippen molar-refractivity contribution in [1.29, 1.82) is 0 Å². The van der Waals surface area contributed by atoms with Crippen molar-refractivity contribution in [3.8, 4) is 17.1 Å². The number of anilines is 1. The second kappa shape index (κ2) is 8.31. The number of ether oxygens (including phenoxy) is 1. The van der Waals surface area contributed by atoms with Gasteiger partial charge in [-0.3, -0.25) is 4.79 Å². The van der Waals surface area contributed by atoms with E-state index in [1.54, 1.807) is 19.1 Å². The lowest BCUT2D eigenvalue weighted by Gasteiger charge is -2.14. The Labute approximate surface area is 174 Å². The van der Waals surface area contributed by atoms with E-state index in [1.165, 1.54) is 26.2 Å². The molecule has 11 heteroatoms. The summed E-state index contributed by atoms with van der Waals surface area (Å²) in [6.45, 7) is 3.31. The van der Waals surface area contributed by atoms with Crippen LogP contribution in [0.25, 0.3) is 11.4 Å². The van der Waals surface area contributed by atoms with Gasteiger partial charge >= 0.3 is 6.18 Å². The van der Waals surface area contributed by atoms with Crippen molar-refractivity contribution in [3.05, 3.63) is 52.5 Å². The lowest BCUT2D eigenvalue weighted by atomic mass is 10.1. The maximum atomic E-state index is 12.9. The number of amides is 1. The number of nitrogens with zero attached hydrogens (tertiary/aromatic N) is 4. The van der Waals surface area contributed by atoms with Crippen LogP contribution in [0.1, 0.15) is 24.1 Å². The molecule has 0 aliphatic carbocycles. The van der Waals surface area contributed by atoms with Crippen LogP contribution in [0.2, 0.25) is 5.02 Å². The average Bonchev–Trinajstić information content (AvgIpc) is 3.19. The van der Waals surface area contributed by atoms with Gasteiger partial charge < -0.3 is 10.1 Å². The molecule has 0 radical (unpaired) electrons. The third-order valence-electron chi connectivity index (χ3n) is 4.34. The first-order valence-electron chi connectivity index (χ1n) is 8.72. The molecule has 158 valence electrons. The third kappa shape index (κ3) is 4.54. The summed E-state index contributed by atoms with van der Waals surface area (Å²) in [5.74, 6) is -0.119. The van der Waals surface area contributed by atoms with Gasteiger partial charge in [0.2, 0.25) is 5.82 Å². The van der Waals surface area contributed by atoms with Crippen LogP contribution < -0.4 is 10.1 Å². The molecule has 0 saturated heterocycles. The van der Waals surface area contributed by atoms with Gasteiger partial charge in [0, 0.05) is 16.7 Å². The lowest BCUT2D eigenvalue weighted by Crippen LogP contribution is -2.25. The molecule has 1 amide bonds. The number of carbonyl (C=O) groups excluding carboxylic acids is 1. The molecule has 1 aromatic heterocycles. The van der Waals surface area contributed by atoms with E-state index in [2.05, 4.69) is 20.7 Å². The van der Waals surface area contributed by atoms with Crippen LogP contribution in [-0.2, 0) is 11.0 Å². The summed E-state index contributed by atoms with van der Waals surface area (Å²) in [6.07, 6.45) is -4.49. The van der Waals surface area contributed by atoms with Gasteiger partial charge in [-0.25, -0.2) is 0 Å². The van der Waals surface area contributed by atoms with E-state index in [0.717, 1.165) is 22.5 Å². The minimum absolute atomic E-state index is 0.0272. The minimum atomic E-state index is -4.49. The molecule has 1 atom stereocenters. The Hall–Kier alpha value is -3.14. The molecule has 1 heterocycles. The zero-order valence-electron chi connectivity index (χ0n) is 16.2. The van der Waals surface area contributed by atoms with Crippen molar-refractivity contribution < 1.29 is 22.7 Å². The molecule has 30 heavy (non-hydrogen) atoms. The Morgan fingerprint density at radius 3 is 2.67 bits per heavy atom. The number of hydrogen-bond donors (Lipinski definition) is 1. The standard InChI is InChI=1S/C19H17ClF3N5O2/c1-10-7-15(16(30-3)9-14(10)20)24-18(29)11(2)28-26-17(25-27-28)12-5-4-6-13(8-12)19(21,22)23/h4-9,11H,1-3H3,(H,24,29). The Bertz CT molecular complexity index is 1080. The maximum Gasteiger partial charge on any atom is 0.416 e. The van der Waals surface area contributed by atoms with Gasteiger partial charge in [-0.05, 0) is 42.8 Å². The average molecular weight is 440 g/mol.